The molecule has 4 heteroatoms. The summed E-state index contributed by atoms with van der Waals surface area (Å²) in [6.07, 6.45) is 0. The van der Waals surface area contributed by atoms with Gasteiger partial charge in [-0.25, -0.2) is 4.79 Å². The molecule has 0 fully saturated rings. The monoisotopic (exact) mass is 290 g/mol. The van der Waals surface area contributed by atoms with Gasteiger partial charge in [0.15, 0.2) is 5.78 Å². The lowest BCUT2D eigenvalue weighted by atomic mass is 9.93. The molecule has 1 heterocycles. The second kappa shape index (κ2) is 4.56. The molecule has 0 radical (unpaired) electrons. The quantitative estimate of drug-likeness (QED) is 0.848. The average Bonchev–Trinajstić information content (AvgIpc) is 2.80. The molecular weight excluding hydrogens is 276 g/mol. The average molecular weight is 290 g/mol. The fraction of sp³-hybridized carbons (Fsp3) is 0.111. The first kappa shape index (κ1) is 12.8. The molecule has 1 unspecified atom stereocenters. The maximum atomic E-state index is 12.8. The van der Waals surface area contributed by atoms with Crippen molar-refractivity contribution in [2.45, 2.75) is 13.0 Å². The summed E-state index contributed by atoms with van der Waals surface area (Å²) in [4.78, 5) is 24.8. The van der Waals surface area contributed by atoms with Crippen molar-refractivity contribution in [2.75, 3.05) is 0 Å². The zero-order chi connectivity index (χ0) is 15.3. The van der Waals surface area contributed by atoms with Crippen LogP contribution in [0.15, 0.2) is 54.1 Å². The zero-order valence-electron chi connectivity index (χ0n) is 12.0. The van der Waals surface area contributed by atoms with Crippen molar-refractivity contribution in [3.63, 3.8) is 0 Å². The predicted molar refractivity (Wildman–Crippen MR) is 83.3 cm³/mol. The lowest BCUT2D eigenvalue weighted by Gasteiger charge is -2.26. The molecule has 1 aliphatic carbocycles. The van der Waals surface area contributed by atoms with E-state index >= 15 is 0 Å². The second-order valence-electron chi connectivity index (χ2n) is 5.61. The summed E-state index contributed by atoms with van der Waals surface area (Å²) in [6, 6.07) is 14.5. The number of nitrogens with one attached hydrogen (secondary N) is 2. The van der Waals surface area contributed by atoms with Gasteiger partial charge < -0.3 is 10.6 Å². The van der Waals surface area contributed by atoms with Gasteiger partial charge in [0.25, 0.3) is 0 Å². The summed E-state index contributed by atoms with van der Waals surface area (Å²) in [6.45, 7) is 1.99. The molecule has 2 amide bonds. The summed E-state index contributed by atoms with van der Waals surface area (Å²) < 4.78 is 0. The molecule has 1 atom stereocenters. The first-order valence-corrected chi connectivity index (χ1v) is 7.17. The minimum absolute atomic E-state index is 0.0235. The number of ketones is 1. The third kappa shape index (κ3) is 1.77. The number of aryl methyl sites for hydroxylation is 1. The highest BCUT2D eigenvalue weighted by molar-refractivity contribution is 6.23. The van der Waals surface area contributed by atoms with Crippen LogP contribution in [0.5, 0.6) is 0 Å². The van der Waals surface area contributed by atoms with Crippen molar-refractivity contribution in [1.82, 2.24) is 10.6 Å². The Bertz CT molecular complexity index is 852. The second-order valence-corrected chi connectivity index (χ2v) is 5.61. The Morgan fingerprint density at radius 1 is 0.955 bits per heavy atom. The van der Waals surface area contributed by atoms with Crippen molar-refractivity contribution in [2.24, 2.45) is 0 Å². The highest BCUT2D eigenvalue weighted by Gasteiger charge is 2.39. The third-order valence-electron chi connectivity index (χ3n) is 4.13. The highest BCUT2D eigenvalue weighted by atomic mass is 16.2. The zero-order valence-corrected chi connectivity index (χ0v) is 12.0. The van der Waals surface area contributed by atoms with Gasteiger partial charge in [-0.05, 0) is 12.5 Å². The van der Waals surface area contributed by atoms with E-state index in [2.05, 4.69) is 10.6 Å². The normalized spacial score (nSPS) is 19.4. The molecule has 0 saturated carbocycles. The minimum Gasteiger partial charge on any atom is -0.327 e. The van der Waals surface area contributed by atoms with Crippen LogP contribution in [0.2, 0.25) is 0 Å². The van der Waals surface area contributed by atoms with E-state index in [4.69, 9.17) is 0 Å². The summed E-state index contributed by atoms with van der Waals surface area (Å²) in [7, 11) is 0. The molecule has 0 saturated heterocycles. The van der Waals surface area contributed by atoms with E-state index in [0.717, 1.165) is 16.7 Å². The van der Waals surface area contributed by atoms with E-state index in [1.54, 1.807) is 6.07 Å². The van der Waals surface area contributed by atoms with Gasteiger partial charge in [-0.1, -0.05) is 54.1 Å². The molecule has 2 aromatic carbocycles. The number of fused-ring (bicyclic) bond motifs is 2. The maximum absolute atomic E-state index is 12.8. The van der Waals surface area contributed by atoms with Crippen LogP contribution in [0.3, 0.4) is 0 Å². The first-order valence-electron chi connectivity index (χ1n) is 7.17. The fourth-order valence-electron chi connectivity index (χ4n) is 3.17. The Kier molecular flexibility index (Phi) is 2.66. The van der Waals surface area contributed by atoms with Gasteiger partial charge in [-0.2, -0.15) is 0 Å². The van der Waals surface area contributed by atoms with E-state index < -0.39 is 6.04 Å². The van der Waals surface area contributed by atoms with Gasteiger partial charge in [0.1, 0.15) is 0 Å². The molecule has 0 bridgehead atoms. The van der Waals surface area contributed by atoms with Crippen LogP contribution >= 0.6 is 0 Å². The van der Waals surface area contributed by atoms with Crippen LogP contribution in [-0.2, 0) is 0 Å². The van der Waals surface area contributed by atoms with Crippen LogP contribution in [-0.4, -0.2) is 11.8 Å². The van der Waals surface area contributed by atoms with Crippen LogP contribution in [0.4, 0.5) is 4.79 Å². The predicted octanol–water partition coefficient (Wildman–Crippen LogP) is 2.96. The SMILES string of the molecule is Cc1cccc(C2NC(=O)NC3=C2C(=O)c2ccccc23)c1. The molecule has 4 rings (SSSR count). The minimum atomic E-state index is -0.413. The molecule has 1 aliphatic heterocycles. The van der Waals surface area contributed by atoms with E-state index in [9.17, 15) is 9.59 Å². The van der Waals surface area contributed by atoms with Crippen molar-refractivity contribution >= 4 is 17.5 Å². The largest absolute Gasteiger partial charge is 0.327 e. The number of Topliss-reactive ketones (excluding diaryl/α,β-unsaturated/α-hetero) is 1. The molecule has 2 aliphatic rings. The Balaban J connectivity index is 1.90. The molecule has 2 aromatic rings. The Hall–Kier alpha value is -2.88. The number of hydrogen-bond acceptors (Lipinski definition) is 2. The van der Waals surface area contributed by atoms with E-state index in [1.165, 1.54) is 0 Å². The number of amides is 2. The van der Waals surface area contributed by atoms with E-state index in [-0.39, 0.29) is 11.8 Å². The summed E-state index contributed by atoms with van der Waals surface area (Å²) >= 11 is 0. The number of urea groups is 1. The number of carbonyl (C=O) groups excluding carboxylic acids is 2. The lowest BCUT2D eigenvalue weighted by Crippen LogP contribution is -2.43. The smallest absolute Gasteiger partial charge is 0.320 e. The van der Waals surface area contributed by atoms with Gasteiger partial charge in [0.2, 0.25) is 0 Å². The van der Waals surface area contributed by atoms with Gasteiger partial charge in [0.05, 0.1) is 17.3 Å². The Labute approximate surface area is 127 Å². The standard InChI is InChI=1S/C18H14N2O2/c1-10-5-4-6-11(9-10)15-14-16(20-18(22)19-15)12-7-2-3-8-13(12)17(14)21/h2-9,15H,1H3,(H2,19,20,22). The molecule has 108 valence electrons. The van der Waals surface area contributed by atoms with Crippen LogP contribution in [0, 0.1) is 6.92 Å². The van der Waals surface area contributed by atoms with E-state index in [0.29, 0.717) is 16.8 Å². The number of benzene rings is 2. The summed E-state index contributed by atoms with van der Waals surface area (Å²) in [5.41, 5.74) is 4.71. The molecular formula is C18H14N2O2. The van der Waals surface area contributed by atoms with Gasteiger partial charge in [-0.15, -0.1) is 0 Å². The topological polar surface area (TPSA) is 58.2 Å². The molecule has 0 spiro atoms. The summed E-state index contributed by atoms with van der Waals surface area (Å²) in [5.74, 6) is -0.0235. The molecule has 4 nitrogen and oxygen atoms in total. The van der Waals surface area contributed by atoms with Gasteiger partial charge in [0, 0.05) is 11.1 Å². The first-order chi connectivity index (χ1) is 10.6. The number of hydrogen-bond donors (Lipinski definition) is 2. The van der Waals surface area contributed by atoms with Crippen molar-refractivity contribution in [3.05, 3.63) is 76.4 Å². The van der Waals surface area contributed by atoms with Crippen LogP contribution in [0.25, 0.3) is 5.70 Å². The maximum Gasteiger partial charge on any atom is 0.320 e. The van der Waals surface area contributed by atoms with Crippen LogP contribution in [0.1, 0.15) is 33.1 Å². The van der Waals surface area contributed by atoms with Gasteiger partial charge >= 0.3 is 6.03 Å². The lowest BCUT2D eigenvalue weighted by molar-refractivity contribution is 0.103. The van der Waals surface area contributed by atoms with Crippen molar-refractivity contribution in [3.8, 4) is 0 Å². The number of carbonyl (C=O) groups is 2. The number of rotatable bonds is 1. The Morgan fingerprint density at radius 3 is 2.50 bits per heavy atom. The molecule has 2 N–H and O–H groups in total. The third-order valence-corrected chi connectivity index (χ3v) is 4.13. The molecule has 22 heavy (non-hydrogen) atoms. The van der Waals surface area contributed by atoms with Crippen molar-refractivity contribution in [1.29, 1.82) is 0 Å². The van der Waals surface area contributed by atoms with E-state index in [1.807, 2.05) is 49.4 Å². The van der Waals surface area contributed by atoms with Crippen molar-refractivity contribution < 1.29 is 9.59 Å². The summed E-state index contributed by atoms with van der Waals surface area (Å²) in [5, 5.41) is 5.66. The van der Waals surface area contributed by atoms with Crippen LogP contribution < -0.4 is 10.6 Å². The Morgan fingerprint density at radius 2 is 1.73 bits per heavy atom. The fourth-order valence-corrected chi connectivity index (χ4v) is 3.17. The highest BCUT2D eigenvalue weighted by Crippen LogP contribution is 2.39. The van der Waals surface area contributed by atoms with Gasteiger partial charge in [-0.3, -0.25) is 4.79 Å². The molecule has 0 aromatic heterocycles.